The molecule has 1 heterocycles. The second-order valence-corrected chi connectivity index (χ2v) is 8.03. The summed E-state index contributed by atoms with van der Waals surface area (Å²) < 4.78 is 32.1. The summed E-state index contributed by atoms with van der Waals surface area (Å²) in [5, 5.41) is 0. The van der Waals surface area contributed by atoms with Crippen molar-refractivity contribution in [3.63, 3.8) is 0 Å². The van der Waals surface area contributed by atoms with Crippen molar-refractivity contribution in [2.24, 2.45) is 0 Å². The Morgan fingerprint density at radius 3 is 2.19 bits per heavy atom. The third-order valence-corrected chi connectivity index (χ3v) is 6.22. The van der Waals surface area contributed by atoms with Gasteiger partial charge in [-0.15, -0.1) is 0 Å². The number of sulfonamides is 1. The molecule has 1 amide bonds. The summed E-state index contributed by atoms with van der Waals surface area (Å²) in [5.74, 6) is -0.371. The Labute approximate surface area is 152 Å². The predicted octanol–water partition coefficient (Wildman–Crippen LogP) is 2.63. The SMILES string of the molecule is COc1ccc(C2CC(=O)CC(=O)N2S(=O)(=O)c2ccc(C)cc2)cc1. The van der Waals surface area contributed by atoms with Crippen LogP contribution >= 0.6 is 0 Å². The van der Waals surface area contributed by atoms with Gasteiger partial charge in [0.1, 0.15) is 11.5 Å². The predicted molar refractivity (Wildman–Crippen MR) is 95.2 cm³/mol. The van der Waals surface area contributed by atoms with Gasteiger partial charge in [-0.2, -0.15) is 0 Å². The summed E-state index contributed by atoms with van der Waals surface area (Å²) in [6.07, 6.45) is -0.444. The molecular weight excluding hydrogens is 354 g/mol. The lowest BCUT2D eigenvalue weighted by molar-refractivity contribution is -0.137. The molecular formula is C19H19NO5S. The molecule has 0 bridgehead atoms. The molecule has 0 spiro atoms. The number of amides is 1. The zero-order chi connectivity index (χ0) is 18.9. The number of ketones is 1. The van der Waals surface area contributed by atoms with Crippen molar-refractivity contribution in [3.05, 3.63) is 59.7 Å². The Balaban J connectivity index is 2.06. The molecule has 136 valence electrons. The maximum Gasteiger partial charge on any atom is 0.267 e. The van der Waals surface area contributed by atoms with E-state index in [2.05, 4.69) is 0 Å². The Bertz CT molecular complexity index is 933. The van der Waals surface area contributed by atoms with Crippen LogP contribution in [0.25, 0.3) is 0 Å². The van der Waals surface area contributed by atoms with Crippen molar-refractivity contribution < 1.29 is 22.7 Å². The highest BCUT2D eigenvalue weighted by Crippen LogP contribution is 2.35. The maximum atomic E-state index is 13.1. The number of carbonyl (C=O) groups is 2. The van der Waals surface area contributed by atoms with Crippen LogP contribution in [0.2, 0.25) is 0 Å². The Kier molecular flexibility index (Phi) is 4.82. The van der Waals surface area contributed by atoms with E-state index in [1.54, 1.807) is 36.4 Å². The van der Waals surface area contributed by atoms with Gasteiger partial charge >= 0.3 is 0 Å². The van der Waals surface area contributed by atoms with Crippen molar-refractivity contribution in [1.29, 1.82) is 0 Å². The van der Waals surface area contributed by atoms with Gasteiger partial charge in [0.05, 0.1) is 24.5 Å². The first-order chi connectivity index (χ1) is 12.3. The number of ether oxygens (including phenoxy) is 1. The van der Waals surface area contributed by atoms with E-state index in [1.165, 1.54) is 19.2 Å². The molecule has 0 aliphatic carbocycles. The fourth-order valence-corrected chi connectivity index (χ4v) is 4.57. The quantitative estimate of drug-likeness (QED) is 0.770. The number of hydrogen-bond acceptors (Lipinski definition) is 5. The van der Waals surface area contributed by atoms with Gasteiger partial charge in [0.25, 0.3) is 10.0 Å². The molecule has 3 rings (SSSR count). The molecule has 0 saturated carbocycles. The zero-order valence-electron chi connectivity index (χ0n) is 14.5. The highest BCUT2D eigenvalue weighted by atomic mass is 32.2. The van der Waals surface area contributed by atoms with Crippen molar-refractivity contribution >= 4 is 21.7 Å². The van der Waals surface area contributed by atoms with Gasteiger partial charge in [-0.25, -0.2) is 12.7 Å². The molecule has 0 N–H and O–H groups in total. The lowest BCUT2D eigenvalue weighted by Crippen LogP contribution is -2.45. The fraction of sp³-hybridized carbons (Fsp3) is 0.263. The third kappa shape index (κ3) is 3.35. The summed E-state index contributed by atoms with van der Waals surface area (Å²) in [4.78, 5) is 24.5. The molecule has 2 aromatic carbocycles. The van der Waals surface area contributed by atoms with Crippen LogP contribution in [0.5, 0.6) is 5.75 Å². The minimum atomic E-state index is -4.06. The number of hydrogen-bond donors (Lipinski definition) is 0. The molecule has 1 aliphatic rings. The second kappa shape index (κ2) is 6.92. The first-order valence-electron chi connectivity index (χ1n) is 8.12. The second-order valence-electron chi connectivity index (χ2n) is 6.22. The number of rotatable bonds is 4. The van der Waals surface area contributed by atoms with Crippen molar-refractivity contribution in [1.82, 2.24) is 4.31 Å². The van der Waals surface area contributed by atoms with E-state index in [9.17, 15) is 18.0 Å². The first-order valence-corrected chi connectivity index (χ1v) is 9.56. The molecule has 26 heavy (non-hydrogen) atoms. The number of methoxy groups -OCH3 is 1. The van der Waals surface area contributed by atoms with E-state index < -0.39 is 28.4 Å². The monoisotopic (exact) mass is 373 g/mol. The summed E-state index contributed by atoms with van der Waals surface area (Å²) in [6, 6.07) is 12.1. The first kappa shape index (κ1) is 18.1. The smallest absolute Gasteiger partial charge is 0.267 e. The Morgan fingerprint density at radius 2 is 1.62 bits per heavy atom. The van der Waals surface area contributed by atoms with Crippen LogP contribution in [-0.2, 0) is 19.6 Å². The maximum absolute atomic E-state index is 13.1. The van der Waals surface area contributed by atoms with E-state index in [-0.39, 0.29) is 17.1 Å². The molecule has 1 aliphatic heterocycles. The normalized spacial score (nSPS) is 18.1. The lowest BCUT2D eigenvalue weighted by atomic mass is 9.96. The van der Waals surface area contributed by atoms with E-state index in [0.29, 0.717) is 11.3 Å². The van der Waals surface area contributed by atoms with Gasteiger partial charge in [-0.1, -0.05) is 29.8 Å². The van der Waals surface area contributed by atoms with Crippen LogP contribution < -0.4 is 4.74 Å². The minimum absolute atomic E-state index is 0.0318. The zero-order valence-corrected chi connectivity index (χ0v) is 15.3. The van der Waals surface area contributed by atoms with Crippen LogP contribution in [0.3, 0.4) is 0 Å². The van der Waals surface area contributed by atoms with Gasteiger partial charge in [-0.05, 0) is 36.8 Å². The number of Topliss-reactive ketones (excluding diaryl/α,β-unsaturated/α-hetero) is 1. The number of benzene rings is 2. The summed E-state index contributed by atoms with van der Waals surface area (Å²) in [6.45, 7) is 1.85. The standard InChI is InChI=1S/C19H19NO5S/c1-13-3-9-17(10-4-13)26(23,24)20-18(11-15(21)12-19(20)22)14-5-7-16(25-2)8-6-14/h3-10,18H,11-12H2,1-2H3. The molecule has 1 fully saturated rings. The summed E-state index contributed by atoms with van der Waals surface area (Å²) >= 11 is 0. The number of nitrogens with zero attached hydrogens (tertiary/aromatic N) is 1. The topological polar surface area (TPSA) is 80.8 Å². The van der Waals surface area contributed by atoms with Crippen LogP contribution in [0, 0.1) is 6.92 Å². The summed E-state index contributed by atoms with van der Waals surface area (Å²) in [7, 11) is -2.54. The van der Waals surface area contributed by atoms with E-state index in [0.717, 1.165) is 9.87 Å². The van der Waals surface area contributed by atoms with Crippen LogP contribution in [0.15, 0.2) is 53.4 Å². The molecule has 6 nitrogen and oxygen atoms in total. The van der Waals surface area contributed by atoms with Gasteiger partial charge in [0.2, 0.25) is 5.91 Å². The van der Waals surface area contributed by atoms with Gasteiger partial charge in [-0.3, -0.25) is 9.59 Å². The van der Waals surface area contributed by atoms with E-state index in [1.807, 2.05) is 6.92 Å². The van der Waals surface area contributed by atoms with Gasteiger partial charge < -0.3 is 4.74 Å². The Hall–Kier alpha value is -2.67. The average molecular weight is 373 g/mol. The number of carbonyl (C=O) groups excluding carboxylic acids is 2. The molecule has 1 unspecified atom stereocenters. The Morgan fingerprint density at radius 1 is 1.00 bits per heavy atom. The van der Waals surface area contributed by atoms with Crippen molar-refractivity contribution in [2.45, 2.75) is 30.7 Å². The van der Waals surface area contributed by atoms with Crippen molar-refractivity contribution in [3.8, 4) is 5.75 Å². The molecule has 0 aromatic heterocycles. The third-order valence-electron chi connectivity index (χ3n) is 4.38. The van der Waals surface area contributed by atoms with Crippen molar-refractivity contribution in [2.75, 3.05) is 7.11 Å². The molecule has 0 radical (unpaired) electrons. The van der Waals surface area contributed by atoms with Crippen LogP contribution in [-0.4, -0.2) is 31.5 Å². The summed E-state index contributed by atoms with van der Waals surface area (Å²) in [5.41, 5.74) is 1.48. The largest absolute Gasteiger partial charge is 0.497 e. The minimum Gasteiger partial charge on any atom is -0.497 e. The number of aryl methyl sites for hydroxylation is 1. The fourth-order valence-electron chi connectivity index (χ4n) is 3.00. The highest BCUT2D eigenvalue weighted by Gasteiger charge is 2.41. The number of piperidine rings is 1. The van der Waals surface area contributed by atoms with Crippen LogP contribution in [0.4, 0.5) is 0 Å². The molecule has 1 saturated heterocycles. The van der Waals surface area contributed by atoms with Gasteiger partial charge in [0, 0.05) is 6.42 Å². The molecule has 2 aromatic rings. The highest BCUT2D eigenvalue weighted by molar-refractivity contribution is 7.89. The average Bonchev–Trinajstić information content (AvgIpc) is 2.61. The lowest BCUT2D eigenvalue weighted by Gasteiger charge is -2.34. The van der Waals surface area contributed by atoms with E-state index in [4.69, 9.17) is 4.74 Å². The van der Waals surface area contributed by atoms with E-state index >= 15 is 0 Å². The van der Waals surface area contributed by atoms with Gasteiger partial charge in [0.15, 0.2) is 0 Å². The van der Waals surface area contributed by atoms with Crippen LogP contribution in [0.1, 0.15) is 30.0 Å². The molecule has 7 heteroatoms. The molecule has 1 atom stereocenters.